The number of likely N-dealkylation sites (tertiary alicyclic amines) is 1. The van der Waals surface area contributed by atoms with Gasteiger partial charge in [0.1, 0.15) is 0 Å². The number of hydrogen-bond acceptors (Lipinski definition) is 3. The average molecular weight is 480 g/mol. The monoisotopic (exact) mass is 480 g/mol. The van der Waals surface area contributed by atoms with Crippen LogP contribution in [0, 0.1) is 5.92 Å². The lowest BCUT2D eigenvalue weighted by Gasteiger charge is -2.20. The molecule has 2 rings (SSSR count). The first-order valence-corrected chi connectivity index (χ1v) is 9.47. The number of thioether (sulfide) groups is 1. The number of alkyl halides is 3. The summed E-state index contributed by atoms with van der Waals surface area (Å²) in [6, 6.07) is 0.448. The first-order valence-electron chi connectivity index (χ1n) is 8.18. The molecule has 4 nitrogen and oxygen atoms in total. The van der Waals surface area contributed by atoms with Crippen molar-refractivity contribution >= 4 is 41.7 Å². The molecule has 0 aromatic heterocycles. The Morgan fingerprint density at radius 3 is 2.62 bits per heavy atom. The van der Waals surface area contributed by atoms with Crippen molar-refractivity contribution in [2.45, 2.75) is 43.2 Å². The van der Waals surface area contributed by atoms with Crippen LogP contribution in [0.1, 0.15) is 25.7 Å². The Morgan fingerprint density at radius 1 is 1.29 bits per heavy atom. The largest absolute Gasteiger partial charge is 0.401 e. The van der Waals surface area contributed by atoms with Gasteiger partial charge in [0, 0.05) is 31.4 Å². The van der Waals surface area contributed by atoms with E-state index in [0.717, 1.165) is 30.5 Å². The van der Waals surface area contributed by atoms with Crippen LogP contribution in [0.3, 0.4) is 0 Å². The van der Waals surface area contributed by atoms with E-state index < -0.39 is 12.7 Å². The fourth-order valence-corrected chi connectivity index (χ4v) is 4.19. The van der Waals surface area contributed by atoms with Crippen LogP contribution >= 0.6 is 35.7 Å². The predicted octanol–water partition coefficient (Wildman–Crippen LogP) is 2.94. The molecule has 0 aromatic rings. The summed E-state index contributed by atoms with van der Waals surface area (Å²) >= 11 is 1.91. The lowest BCUT2D eigenvalue weighted by Crippen LogP contribution is -2.44. The zero-order chi connectivity index (χ0) is 16.9. The number of aliphatic imine (C=N–C) groups is 1. The lowest BCUT2D eigenvalue weighted by molar-refractivity contribution is -0.143. The van der Waals surface area contributed by atoms with E-state index in [2.05, 4.69) is 21.9 Å². The maximum Gasteiger partial charge on any atom is 0.401 e. The second kappa shape index (κ2) is 10.3. The van der Waals surface area contributed by atoms with Gasteiger partial charge in [-0.3, -0.25) is 9.89 Å². The molecule has 1 heterocycles. The maximum atomic E-state index is 12.4. The highest BCUT2D eigenvalue weighted by atomic mass is 127. The molecular formula is C15H28F3IN4S. The summed E-state index contributed by atoms with van der Waals surface area (Å²) in [5.41, 5.74) is 0. The molecule has 0 aromatic carbocycles. The number of nitrogens with zero attached hydrogens (tertiary/aromatic N) is 2. The van der Waals surface area contributed by atoms with Gasteiger partial charge in [-0.2, -0.15) is 24.9 Å². The van der Waals surface area contributed by atoms with Gasteiger partial charge in [0.25, 0.3) is 0 Å². The highest BCUT2D eigenvalue weighted by Crippen LogP contribution is 2.28. The van der Waals surface area contributed by atoms with Crippen molar-refractivity contribution in [3.8, 4) is 0 Å². The minimum atomic E-state index is -4.10. The van der Waals surface area contributed by atoms with Crippen LogP contribution in [-0.4, -0.2) is 67.8 Å². The Hall–Kier alpha value is 0.1000. The molecular weight excluding hydrogens is 452 g/mol. The Kier molecular flexibility index (Phi) is 9.50. The van der Waals surface area contributed by atoms with Gasteiger partial charge in [-0.1, -0.05) is 0 Å². The summed E-state index contributed by atoms with van der Waals surface area (Å²) in [6.07, 6.45) is 2.37. The molecule has 3 unspecified atom stereocenters. The molecule has 2 N–H and O–H groups in total. The molecule has 3 atom stereocenters. The number of hydrogen-bond donors (Lipinski definition) is 2. The molecule has 0 amide bonds. The van der Waals surface area contributed by atoms with E-state index in [-0.39, 0.29) is 29.9 Å². The van der Waals surface area contributed by atoms with E-state index in [4.69, 9.17) is 0 Å². The van der Waals surface area contributed by atoms with Gasteiger partial charge >= 0.3 is 6.18 Å². The van der Waals surface area contributed by atoms with Crippen LogP contribution in [0.5, 0.6) is 0 Å². The Morgan fingerprint density at radius 2 is 2.04 bits per heavy atom. The van der Waals surface area contributed by atoms with Crippen molar-refractivity contribution in [3.05, 3.63) is 0 Å². The van der Waals surface area contributed by atoms with Crippen molar-refractivity contribution in [1.82, 2.24) is 15.5 Å². The fourth-order valence-electron chi connectivity index (χ4n) is 3.39. The zero-order valence-corrected chi connectivity index (χ0v) is 17.4. The summed E-state index contributed by atoms with van der Waals surface area (Å²) in [7, 11) is 1.74. The minimum Gasteiger partial charge on any atom is -0.356 e. The van der Waals surface area contributed by atoms with Crippen LogP contribution in [0.25, 0.3) is 0 Å². The smallest absolute Gasteiger partial charge is 0.356 e. The standard InChI is InChI=1S/C15H27F3N4S.HI/c1-19-14(21-12-3-4-13(7-12)23-2)20-8-11-5-6-22(9-11)10-15(16,17)18;/h11-13H,3-10H2,1-2H3,(H2,19,20,21);1H. The van der Waals surface area contributed by atoms with Gasteiger partial charge in [-0.05, 0) is 44.4 Å². The van der Waals surface area contributed by atoms with Crippen LogP contribution < -0.4 is 10.6 Å². The maximum absolute atomic E-state index is 12.4. The highest BCUT2D eigenvalue weighted by molar-refractivity contribution is 14.0. The molecule has 1 saturated heterocycles. The third kappa shape index (κ3) is 7.55. The zero-order valence-electron chi connectivity index (χ0n) is 14.2. The Bertz CT molecular complexity index is 409. The molecule has 0 radical (unpaired) electrons. The Labute approximate surface area is 163 Å². The second-order valence-electron chi connectivity index (χ2n) is 6.47. The van der Waals surface area contributed by atoms with Crippen LogP contribution in [-0.2, 0) is 0 Å². The second-order valence-corrected chi connectivity index (χ2v) is 7.61. The van der Waals surface area contributed by atoms with Crippen LogP contribution in [0.2, 0.25) is 0 Å². The quantitative estimate of drug-likeness (QED) is 0.361. The van der Waals surface area contributed by atoms with E-state index in [1.54, 1.807) is 7.05 Å². The summed E-state index contributed by atoms with van der Waals surface area (Å²) in [5, 5.41) is 7.43. The summed E-state index contributed by atoms with van der Waals surface area (Å²) in [5.74, 6) is 1.02. The highest BCUT2D eigenvalue weighted by Gasteiger charge is 2.34. The predicted molar refractivity (Wildman–Crippen MR) is 105 cm³/mol. The van der Waals surface area contributed by atoms with E-state index in [1.807, 2.05) is 11.8 Å². The molecule has 142 valence electrons. The number of halogens is 4. The molecule has 2 fully saturated rings. The molecule has 2 aliphatic rings. The van der Waals surface area contributed by atoms with Crippen molar-refractivity contribution in [3.63, 3.8) is 0 Å². The third-order valence-corrected chi connectivity index (χ3v) is 5.71. The minimum absolute atomic E-state index is 0. The first kappa shape index (κ1) is 22.1. The number of rotatable bonds is 5. The van der Waals surface area contributed by atoms with E-state index in [0.29, 0.717) is 25.7 Å². The van der Waals surface area contributed by atoms with Gasteiger partial charge in [0.15, 0.2) is 5.96 Å². The van der Waals surface area contributed by atoms with Gasteiger partial charge in [-0.25, -0.2) is 0 Å². The number of nitrogens with one attached hydrogen (secondary N) is 2. The molecule has 9 heteroatoms. The van der Waals surface area contributed by atoms with Crippen LogP contribution in [0.15, 0.2) is 4.99 Å². The average Bonchev–Trinajstić information content (AvgIpc) is 3.10. The van der Waals surface area contributed by atoms with Gasteiger partial charge in [0.2, 0.25) is 0 Å². The fraction of sp³-hybridized carbons (Fsp3) is 0.933. The van der Waals surface area contributed by atoms with Crippen molar-refractivity contribution in [2.24, 2.45) is 10.9 Å². The van der Waals surface area contributed by atoms with Gasteiger partial charge in [0.05, 0.1) is 6.54 Å². The molecule has 1 aliphatic heterocycles. The first-order chi connectivity index (χ1) is 10.9. The number of guanidine groups is 1. The molecule has 0 bridgehead atoms. The topological polar surface area (TPSA) is 39.7 Å². The summed E-state index contributed by atoms with van der Waals surface area (Å²) in [6.45, 7) is 0.902. The van der Waals surface area contributed by atoms with Gasteiger partial charge in [-0.15, -0.1) is 24.0 Å². The van der Waals surface area contributed by atoms with E-state index >= 15 is 0 Å². The van der Waals surface area contributed by atoms with E-state index in [1.165, 1.54) is 11.3 Å². The Balaban J connectivity index is 0.00000288. The van der Waals surface area contributed by atoms with Crippen LogP contribution in [0.4, 0.5) is 13.2 Å². The van der Waals surface area contributed by atoms with Crippen molar-refractivity contribution in [1.29, 1.82) is 0 Å². The van der Waals surface area contributed by atoms with Crippen molar-refractivity contribution in [2.75, 3.05) is 39.5 Å². The summed E-state index contributed by atoms with van der Waals surface area (Å²) < 4.78 is 37.2. The molecule has 1 saturated carbocycles. The molecule has 1 aliphatic carbocycles. The molecule has 0 spiro atoms. The van der Waals surface area contributed by atoms with Crippen molar-refractivity contribution < 1.29 is 13.2 Å². The summed E-state index contributed by atoms with van der Waals surface area (Å²) in [4.78, 5) is 5.72. The SMILES string of the molecule is CN=C(NCC1CCN(CC(F)(F)F)C1)NC1CCC(SC)C1.I. The molecule has 24 heavy (non-hydrogen) atoms. The van der Waals surface area contributed by atoms with E-state index in [9.17, 15) is 13.2 Å². The lowest BCUT2D eigenvalue weighted by atomic mass is 10.1. The normalized spacial score (nSPS) is 28.7. The van der Waals surface area contributed by atoms with Gasteiger partial charge < -0.3 is 10.6 Å². The third-order valence-electron chi connectivity index (χ3n) is 4.61.